The standard InChI is InChI=1S/C11H18N2O4S2/c1-16-9-6-13(7-10(9)17-2)19(14,15)11-4-3-8(5-12)18-11/h3-4,9-10H,5-7,12H2,1-2H3. The van der Waals surface area contributed by atoms with Crippen molar-refractivity contribution < 1.29 is 17.9 Å². The normalized spacial score (nSPS) is 25.0. The van der Waals surface area contributed by atoms with E-state index in [1.54, 1.807) is 26.4 Å². The van der Waals surface area contributed by atoms with Crippen molar-refractivity contribution in [2.75, 3.05) is 27.3 Å². The first-order valence-electron chi connectivity index (χ1n) is 5.87. The van der Waals surface area contributed by atoms with Gasteiger partial charge in [-0.05, 0) is 12.1 Å². The summed E-state index contributed by atoms with van der Waals surface area (Å²) in [5, 5.41) is 0. The van der Waals surface area contributed by atoms with Crippen LogP contribution >= 0.6 is 11.3 Å². The third-order valence-electron chi connectivity index (χ3n) is 3.22. The quantitative estimate of drug-likeness (QED) is 0.843. The lowest BCUT2D eigenvalue weighted by Crippen LogP contribution is -2.29. The molecule has 1 aliphatic rings. The molecule has 2 unspecified atom stereocenters. The average Bonchev–Trinajstić information content (AvgIpc) is 3.05. The second kappa shape index (κ2) is 5.86. The number of rotatable bonds is 5. The molecule has 19 heavy (non-hydrogen) atoms. The van der Waals surface area contributed by atoms with E-state index in [9.17, 15) is 8.42 Å². The third-order valence-corrected chi connectivity index (χ3v) is 6.63. The van der Waals surface area contributed by atoms with E-state index in [4.69, 9.17) is 15.2 Å². The third kappa shape index (κ3) is 2.83. The molecule has 8 heteroatoms. The summed E-state index contributed by atoms with van der Waals surface area (Å²) in [6, 6.07) is 3.35. The summed E-state index contributed by atoms with van der Waals surface area (Å²) >= 11 is 1.21. The Morgan fingerprint density at radius 3 is 2.32 bits per heavy atom. The number of sulfonamides is 1. The van der Waals surface area contributed by atoms with Gasteiger partial charge in [0.2, 0.25) is 0 Å². The second-order valence-corrected chi connectivity index (χ2v) is 7.63. The van der Waals surface area contributed by atoms with Crippen molar-refractivity contribution in [1.29, 1.82) is 0 Å². The molecule has 0 saturated carbocycles. The van der Waals surface area contributed by atoms with Crippen molar-refractivity contribution in [1.82, 2.24) is 4.31 Å². The molecule has 0 aliphatic carbocycles. The van der Waals surface area contributed by atoms with Crippen LogP contribution in [0.2, 0.25) is 0 Å². The predicted octanol–water partition coefficient (Wildman–Crippen LogP) is 0.241. The highest BCUT2D eigenvalue weighted by Crippen LogP contribution is 2.28. The summed E-state index contributed by atoms with van der Waals surface area (Å²) in [5.41, 5.74) is 5.51. The minimum absolute atomic E-state index is 0.228. The first-order chi connectivity index (χ1) is 9.02. The summed E-state index contributed by atoms with van der Waals surface area (Å²) in [6.45, 7) is 0.974. The van der Waals surface area contributed by atoms with Crippen molar-refractivity contribution in [3.63, 3.8) is 0 Å². The molecule has 1 aromatic heterocycles. The minimum Gasteiger partial charge on any atom is -0.377 e. The van der Waals surface area contributed by atoms with E-state index in [1.807, 2.05) is 0 Å². The SMILES string of the molecule is COC1CN(S(=O)(=O)c2ccc(CN)s2)CC1OC. The predicted molar refractivity (Wildman–Crippen MR) is 72.6 cm³/mol. The zero-order valence-electron chi connectivity index (χ0n) is 10.9. The summed E-state index contributed by atoms with van der Waals surface area (Å²) in [7, 11) is -0.358. The van der Waals surface area contributed by atoms with E-state index in [0.717, 1.165) is 4.88 Å². The van der Waals surface area contributed by atoms with E-state index in [1.165, 1.54) is 15.6 Å². The topological polar surface area (TPSA) is 81.9 Å². The highest BCUT2D eigenvalue weighted by atomic mass is 32.2. The Bertz CT molecular complexity index is 517. The van der Waals surface area contributed by atoms with E-state index in [0.29, 0.717) is 23.8 Å². The van der Waals surface area contributed by atoms with Gasteiger partial charge in [0, 0.05) is 38.7 Å². The van der Waals surface area contributed by atoms with Gasteiger partial charge in [0.15, 0.2) is 0 Å². The molecule has 2 rings (SSSR count). The van der Waals surface area contributed by atoms with Gasteiger partial charge in [0.1, 0.15) is 4.21 Å². The molecule has 108 valence electrons. The number of nitrogens with two attached hydrogens (primary N) is 1. The maximum Gasteiger partial charge on any atom is 0.252 e. The lowest BCUT2D eigenvalue weighted by Gasteiger charge is -2.14. The molecule has 0 amide bonds. The smallest absolute Gasteiger partial charge is 0.252 e. The number of hydrogen-bond donors (Lipinski definition) is 1. The maximum atomic E-state index is 12.5. The largest absolute Gasteiger partial charge is 0.377 e. The van der Waals surface area contributed by atoms with Gasteiger partial charge in [-0.15, -0.1) is 11.3 Å². The van der Waals surface area contributed by atoms with Crippen LogP contribution in [0.4, 0.5) is 0 Å². The van der Waals surface area contributed by atoms with E-state index in [2.05, 4.69) is 0 Å². The van der Waals surface area contributed by atoms with Crippen LogP contribution in [0.3, 0.4) is 0 Å². The highest BCUT2D eigenvalue weighted by molar-refractivity contribution is 7.91. The molecule has 1 fully saturated rings. The Balaban J connectivity index is 2.21. The monoisotopic (exact) mass is 306 g/mol. The average molecular weight is 306 g/mol. The molecule has 0 radical (unpaired) electrons. The molecular formula is C11H18N2O4S2. The highest BCUT2D eigenvalue weighted by Gasteiger charge is 2.40. The van der Waals surface area contributed by atoms with Crippen LogP contribution in [0.25, 0.3) is 0 Å². The molecule has 1 aromatic rings. The van der Waals surface area contributed by atoms with Crippen molar-refractivity contribution in [3.8, 4) is 0 Å². The van der Waals surface area contributed by atoms with E-state index < -0.39 is 10.0 Å². The first kappa shape index (κ1) is 14.9. The van der Waals surface area contributed by atoms with Gasteiger partial charge in [0.05, 0.1) is 12.2 Å². The Hall–Kier alpha value is -0.510. The van der Waals surface area contributed by atoms with Crippen molar-refractivity contribution >= 4 is 21.4 Å². The van der Waals surface area contributed by atoms with Crippen LogP contribution in [0.15, 0.2) is 16.3 Å². The van der Waals surface area contributed by atoms with Gasteiger partial charge in [-0.2, -0.15) is 4.31 Å². The first-order valence-corrected chi connectivity index (χ1v) is 8.13. The van der Waals surface area contributed by atoms with Crippen molar-refractivity contribution in [2.45, 2.75) is 23.0 Å². The van der Waals surface area contributed by atoms with Crippen LogP contribution < -0.4 is 5.73 Å². The summed E-state index contributed by atoms with van der Waals surface area (Å²) < 4.78 is 37.2. The number of nitrogens with zero attached hydrogens (tertiary/aromatic N) is 1. The van der Waals surface area contributed by atoms with E-state index in [-0.39, 0.29) is 12.2 Å². The Morgan fingerprint density at radius 1 is 1.32 bits per heavy atom. The fourth-order valence-electron chi connectivity index (χ4n) is 2.09. The molecule has 1 saturated heterocycles. The van der Waals surface area contributed by atoms with Crippen LogP contribution in [0, 0.1) is 0 Å². The molecule has 2 atom stereocenters. The second-order valence-electron chi connectivity index (χ2n) is 4.30. The summed E-state index contributed by atoms with van der Waals surface area (Å²) in [6.07, 6.45) is -0.456. The molecule has 1 aliphatic heterocycles. The van der Waals surface area contributed by atoms with Crippen LogP contribution in [-0.2, 0) is 26.0 Å². The van der Waals surface area contributed by atoms with Gasteiger partial charge in [0.25, 0.3) is 10.0 Å². The zero-order chi connectivity index (χ0) is 14.0. The fraction of sp³-hybridized carbons (Fsp3) is 0.636. The molecule has 0 bridgehead atoms. The molecule has 2 heterocycles. The molecule has 6 nitrogen and oxygen atoms in total. The summed E-state index contributed by atoms with van der Waals surface area (Å²) in [4.78, 5) is 0.851. The molecule has 0 aromatic carbocycles. The molecular weight excluding hydrogens is 288 g/mol. The number of hydrogen-bond acceptors (Lipinski definition) is 6. The zero-order valence-corrected chi connectivity index (χ0v) is 12.5. The number of methoxy groups -OCH3 is 2. The fourth-order valence-corrected chi connectivity index (χ4v) is 4.95. The van der Waals surface area contributed by atoms with Crippen LogP contribution in [-0.4, -0.2) is 52.2 Å². The van der Waals surface area contributed by atoms with Gasteiger partial charge in [-0.1, -0.05) is 0 Å². The Labute approximate surface area is 117 Å². The minimum atomic E-state index is -3.48. The summed E-state index contributed by atoms with van der Waals surface area (Å²) in [5.74, 6) is 0. The van der Waals surface area contributed by atoms with Crippen LogP contribution in [0.1, 0.15) is 4.88 Å². The Kier molecular flexibility index (Phi) is 4.59. The molecule has 2 N–H and O–H groups in total. The van der Waals surface area contributed by atoms with E-state index >= 15 is 0 Å². The van der Waals surface area contributed by atoms with Gasteiger partial charge in [-0.3, -0.25) is 0 Å². The lowest BCUT2D eigenvalue weighted by molar-refractivity contribution is -0.00461. The maximum absolute atomic E-state index is 12.5. The molecule has 0 spiro atoms. The van der Waals surface area contributed by atoms with Crippen LogP contribution in [0.5, 0.6) is 0 Å². The van der Waals surface area contributed by atoms with Crippen molar-refractivity contribution in [2.24, 2.45) is 5.73 Å². The van der Waals surface area contributed by atoms with Gasteiger partial charge < -0.3 is 15.2 Å². The number of ether oxygens (including phenoxy) is 2. The number of thiophene rings is 1. The lowest BCUT2D eigenvalue weighted by atomic mass is 10.3. The van der Waals surface area contributed by atoms with Gasteiger partial charge in [-0.25, -0.2) is 8.42 Å². The Morgan fingerprint density at radius 2 is 1.89 bits per heavy atom. The van der Waals surface area contributed by atoms with Gasteiger partial charge >= 0.3 is 0 Å². The van der Waals surface area contributed by atoms with Crippen molar-refractivity contribution in [3.05, 3.63) is 17.0 Å².